The Bertz CT molecular complexity index is 1210. The lowest BCUT2D eigenvalue weighted by atomic mass is 9.90. The van der Waals surface area contributed by atoms with Crippen LogP contribution in [0.1, 0.15) is 30.3 Å². The molecule has 0 fully saturated rings. The molecule has 1 unspecified atom stereocenters. The van der Waals surface area contributed by atoms with Gasteiger partial charge in [0.1, 0.15) is 5.75 Å². The molecule has 0 bridgehead atoms. The number of nitrogens with zero attached hydrogens (tertiary/aromatic N) is 1. The van der Waals surface area contributed by atoms with Crippen molar-refractivity contribution in [3.8, 4) is 16.9 Å². The van der Waals surface area contributed by atoms with E-state index in [1.54, 1.807) is 38.4 Å². The second kappa shape index (κ2) is 8.63. The molecule has 32 heavy (non-hydrogen) atoms. The number of rotatable bonds is 6. The van der Waals surface area contributed by atoms with Crippen LogP contribution < -0.4 is 9.64 Å². The molecule has 3 aromatic rings. The maximum absolute atomic E-state index is 13.2. The summed E-state index contributed by atoms with van der Waals surface area (Å²) in [6, 6.07) is 16.2. The standard InChI is InChI=1S/C26H25NO4S/c1-15(2)24(28)22-23(20-7-5-6-8-21(20)31-4)27(26(30)25(22)29)19-11-9-17(10-12-19)18-13-16(3)32-14-18/h5-15,23,29H,1-4H3. The molecule has 0 saturated carbocycles. The second-order valence-corrected chi connectivity index (χ2v) is 9.21. The Balaban J connectivity index is 1.83. The fourth-order valence-corrected chi connectivity index (χ4v) is 4.74. The zero-order valence-electron chi connectivity index (χ0n) is 18.5. The Kier molecular flexibility index (Phi) is 5.89. The van der Waals surface area contributed by atoms with Gasteiger partial charge >= 0.3 is 0 Å². The number of methoxy groups -OCH3 is 1. The number of hydrogen-bond acceptors (Lipinski definition) is 5. The van der Waals surface area contributed by atoms with Crippen LogP contribution in [0.4, 0.5) is 5.69 Å². The van der Waals surface area contributed by atoms with Crippen LogP contribution in [0.25, 0.3) is 11.1 Å². The number of carbonyl (C=O) groups excluding carboxylic acids is 2. The molecule has 0 aliphatic carbocycles. The highest BCUT2D eigenvalue weighted by Crippen LogP contribution is 2.44. The van der Waals surface area contributed by atoms with E-state index >= 15 is 0 Å². The number of aryl methyl sites for hydroxylation is 1. The number of ether oxygens (including phenoxy) is 1. The summed E-state index contributed by atoms with van der Waals surface area (Å²) in [6.45, 7) is 5.57. The van der Waals surface area contributed by atoms with Crippen molar-refractivity contribution in [1.29, 1.82) is 0 Å². The molecule has 1 aliphatic heterocycles. The lowest BCUT2D eigenvalue weighted by Gasteiger charge is -2.28. The van der Waals surface area contributed by atoms with Gasteiger partial charge in [0, 0.05) is 22.0 Å². The van der Waals surface area contributed by atoms with Gasteiger partial charge in [-0.05, 0) is 47.7 Å². The van der Waals surface area contributed by atoms with E-state index < -0.39 is 17.7 Å². The number of aliphatic hydroxyl groups is 1. The van der Waals surface area contributed by atoms with Gasteiger partial charge in [-0.25, -0.2) is 0 Å². The largest absolute Gasteiger partial charge is 0.503 e. The van der Waals surface area contributed by atoms with E-state index in [0.717, 1.165) is 11.1 Å². The number of carbonyl (C=O) groups is 2. The van der Waals surface area contributed by atoms with Gasteiger partial charge < -0.3 is 9.84 Å². The molecule has 1 atom stereocenters. The summed E-state index contributed by atoms with van der Waals surface area (Å²) in [5, 5.41) is 12.9. The van der Waals surface area contributed by atoms with Gasteiger partial charge in [0.05, 0.1) is 18.7 Å². The Morgan fingerprint density at radius 2 is 1.78 bits per heavy atom. The average Bonchev–Trinajstić information content (AvgIpc) is 3.34. The second-order valence-electron chi connectivity index (χ2n) is 8.09. The highest BCUT2D eigenvalue weighted by Gasteiger charge is 2.45. The summed E-state index contributed by atoms with van der Waals surface area (Å²) >= 11 is 1.68. The zero-order chi connectivity index (χ0) is 23.0. The van der Waals surface area contributed by atoms with Gasteiger partial charge in [-0.15, -0.1) is 11.3 Å². The van der Waals surface area contributed by atoms with E-state index in [0.29, 0.717) is 17.0 Å². The van der Waals surface area contributed by atoms with Crippen LogP contribution >= 0.6 is 11.3 Å². The number of Topliss-reactive ketones (excluding diaryl/α,β-unsaturated/α-hetero) is 1. The molecule has 4 rings (SSSR count). The van der Waals surface area contributed by atoms with Crippen molar-refractivity contribution in [2.24, 2.45) is 5.92 Å². The first-order valence-corrected chi connectivity index (χ1v) is 11.3. The lowest BCUT2D eigenvalue weighted by molar-refractivity contribution is -0.119. The van der Waals surface area contributed by atoms with Crippen LogP contribution in [0, 0.1) is 12.8 Å². The van der Waals surface area contributed by atoms with Gasteiger partial charge in [-0.1, -0.05) is 44.2 Å². The third-order valence-electron chi connectivity index (χ3n) is 5.64. The number of thiophene rings is 1. The molecule has 0 spiro atoms. The first-order chi connectivity index (χ1) is 15.3. The van der Waals surface area contributed by atoms with Gasteiger partial charge in [0.15, 0.2) is 11.5 Å². The van der Waals surface area contributed by atoms with Crippen LogP contribution in [0.5, 0.6) is 5.75 Å². The monoisotopic (exact) mass is 447 g/mol. The Morgan fingerprint density at radius 1 is 1.09 bits per heavy atom. The summed E-state index contributed by atoms with van der Waals surface area (Å²) in [5.74, 6) is -1.19. The minimum absolute atomic E-state index is 0.104. The Hall–Kier alpha value is -3.38. The SMILES string of the molecule is COc1ccccc1C1C(C(=O)C(C)C)=C(O)C(=O)N1c1ccc(-c2csc(C)c2)cc1. The van der Waals surface area contributed by atoms with Crippen molar-refractivity contribution in [1.82, 2.24) is 0 Å². The highest BCUT2D eigenvalue weighted by atomic mass is 32.1. The molecule has 1 amide bonds. The number of anilines is 1. The van der Waals surface area contributed by atoms with E-state index in [-0.39, 0.29) is 17.3 Å². The summed E-state index contributed by atoms with van der Waals surface area (Å²) in [4.78, 5) is 29.0. The fourth-order valence-electron chi connectivity index (χ4n) is 4.03. The summed E-state index contributed by atoms with van der Waals surface area (Å²) in [6.07, 6.45) is 0. The van der Waals surface area contributed by atoms with Crippen molar-refractivity contribution in [3.63, 3.8) is 0 Å². The zero-order valence-corrected chi connectivity index (χ0v) is 19.3. The van der Waals surface area contributed by atoms with Gasteiger partial charge in [0.25, 0.3) is 5.91 Å². The quantitative estimate of drug-likeness (QED) is 0.514. The number of benzene rings is 2. The first kappa shape index (κ1) is 21.8. The van der Waals surface area contributed by atoms with Crippen molar-refractivity contribution >= 4 is 28.7 Å². The lowest BCUT2D eigenvalue weighted by Crippen LogP contribution is -2.31. The van der Waals surface area contributed by atoms with Crippen molar-refractivity contribution in [2.75, 3.05) is 12.0 Å². The molecular formula is C26H25NO4S. The third kappa shape index (κ3) is 3.71. The smallest absolute Gasteiger partial charge is 0.294 e. The van der Waals surface area contributed by atoms with E-state index in [2.05, 4.69) is 18.4 Å². The molecule has 0 radical (unpaired) electrons. The predicted octanol–water partition coefficient (Wildman–Crippen LogP) is 5.86. The minimum atomic E-state index is -0.775. The Morgan fingerprint density at radius 3 is 2.38 bits per heavy atom. The van der Waals surface area contributed by atoms with Crippen LogP contribution in [-0.4, -0.2) is 23.9 Å². The van der Waals surface area contributed by atoms with Crippen molar-refractivity contribution < 1.29 is 19.4 Å². The highest BCUT2D eigenvalue weighted by molar-refractivity contribution is 7.10. The summed E-state index contributed by atoms with van der Waals surface area (Å²) in [7, 11) is 1.55. The van der Waals surface area contributed by atoms with Gasteiger partial charge in [-0.2, -0.15) is 0 Å². The topological polar surface area (TPSA) is 66.8 Å². The number of para-hydroxylation sites is 1. The summed E-state index contributed by atoms with van der Waals surface area (Å²) in [5.41, 5.74) is 3.50. The number of aliphatic hydroxyl groups excluding tert-OH is 1. The molecule has 0 saturated heterocycles. The van der Waals surface area contributed by atoms with E-state index in [9.17, 15) is 14.7 Å². The van der Waals surface area contributed by atoms with Crippen molar-refractivity contribution in [2.45, 2.75) is 26.8 Å². The molecule has 2 aromatic carbocycles. The number of hydrogen-bond donors (Lipinski definition) is 1. The number of amides is 1. The molecule has 6 heteroatoms. The molecule has 164 valence electrons. The van der Waals surface area contributed by atoms with E-state index in [1.165, 1.54) is 9.78 Å². The minimum Gasteiger partial charge on any atom is -0.503 e. The van der Waals surface area contributed by atoms with Crippen LogP contribution in [0.3, 0.4) is 0 Å². The first-order valence-electron chi connectivity index (χ1n) is 10.4. The average molecular weight is 448 g/mol. The van der Waals surface area contributed by atoms with E-state index in [4.69, 9.17) is 4.74 Å². The summed E-state index contributed by atoms with van der Waals surface area (Å²) < 4.78 is 5.53. The molecule has 1 aliphatic rings. The molecule has 1 aromatic heterocycles. The number of ketones is 1. The molecule has 1 N–H and O–H groups in total. The van der Waals surface area contributed by atoms with Crippen molar-refractivity contribution in [3.05, 3.63) is 81.8 Å². The van der Waals surface area contributed by atoms with Gasteiger partial charge in [0.2, 0.25) is 0 Å². The van der Waals surface area contributed by atoms with Crippen LogP contribution in [-0.2, 0) is 9.59 Å². The fraction of sp³-hybridized carbons (Fsp3) is 0.231. The van der Waals surface area contributed by atoms with Crippen LogP contribution in [0.2, 0.25) is 0 Å². The normalized spacial score (nSPS) is 16.2. The Labute approximate surface area is 191 Å². The van der Waals surface area contributed by atoms with E-state index in [1.807, 2.05) is 42.5 Å². The maximum atomic E-state index is 13.2. The molecule has 2 heterocycles. The van der Waals surface area contributed by atoms with Crippen LogP contribution in [0.15, 0.2) is 71.3 Å². The van der Waals surface area contributed by atoms with Gasteiger partial charge in [-0.3, -0.25) is 14.5 Å². The maximum Gasteiger partial charge on any atom is 0.294 e. The molecule has 5 nitrogen and oxygen atoms in total. The molecular weight excluding hydrogens is 422 g/mol. The third-order valence-corrected chi connectivity index (χ3v) is 6.50. The predicted molar refractivity (Wildman–Crippen MR) is 127 cm³/mol.